The van der Waals surface area contributed by atoms with Gasteiger partial charge < -0.3 is 15.5 Å². The standard InChI is InChI=1S/C6H15NO5P2/c1-6(4-13(8)9)2-3-14(10,11)12-5-7/h4,6H,2-3,5,7H2,1H3,(H,8,9)(H,10,11). The van der Waals surface area contributed by atoms with Crippen LogP contribution in [0.4, 0.5) is 0 Å². The fraction of sp³-hybridized carbons (Fsp3) is 0.833. The van der Waals surface area contributed by atoms with Gasteiger partial charge in [0.15, 0.2) is 0 Å². The Labute approximate surface area is 83.8 Å². The van der Waals surface area contributed by atoms with Crippen LogP contribution in [0.25, 0.3) is 0 Å². The highest BCUT2D eigenvalue weighted by molar-refractivity contribution is 7.52. The normalized spacial score (nSPS) is 19.1. The van der Waals surface area contributed by atoms with Gasteiger partial charge in [0.25, 0.3) is 0 Å². The lowest BCUT2D eigenvalue weighted by Crippen LogP contribution is -2.07. The summed E-state index contributed by atoms with van der Waals surface area (Å²) >= 11 is 0. The van der Waals surface area contributed by atoms with Gasteiger partial charge in [-0.1, -0.05) is 6.92 Å². The zero-order valence-electron chi connectivity index (χ0n) is 7.87. The second-order valence-electron chi connectivity index (χ2n) is 2.87. The average Bonchev–Trinajstić information content (AvgIpc) is 2.00. The number of hydrogen-bond acceptors (Lipinski definition) is 5. The molecule has 0 aromatic rings. The molecule has 0 amide bonds. The van der Waals surface area contributed by atoms with Crippen LogP contribution in [0, 0.1) is 5.92 Å². The van der Waals surface area contributed by atoms with Crippen LogP contribution >= 0.6 is 15.6 Å². The molecule has 0 saturated heterocycles. The molecule has 3 unspecified atom stereocenters. The smallest absolute Gasteiger partial charge is 0.329 e. The molecule has 14 heavy (non-hydrogen) atoms. The molecule has 0 rings (SSSR count). The summed E-state index contributed by atoms with van der Waals surface area (Å²) in [6.07, 6.45) is 0.250. The second kappa shape index (κ2) is 6.64. The summed E-state index contributed by atoms with van der Waals surface area (Å²) in [6, 6.07) is 0. The van der Waals surface area contributed by atoms with Crippen molar-refractivity contribution in [3.8, 4) is 0 Å². The highest BCUT2D eigenvalue weighted by atomic mass is 31.2. The molecule has 0 heterocycles. The van der Waals surface area contributed by atoms with E-state index >= 15 is 0 Å². The number of nitrogens with two attached hydrogens (primary N) is 1. The van der Waals surface area contributed by atoms with Crippen molar-refractivity contribution in [3.63, 3.8) is 0 Å². The van der Waals surface area contributed by atoms with E-state index in [1.807, 2.05) is 0 Å². The van der Waals surface area contributed by atoms with E-state index in [1.165, 1.54) is 5.80 Å². The molecule has 0 aromatic carbocycles. The molecule has 0 bridgehead atoms. The Balaban J connectivity index is 3.93. The summed E-state index contributed by atoms with van der Waals surface area (Å²) in [6.45, 7) is 1.38. The van der Waals surface area contributed by atoms with Gasteiger partial charge in [-0.05, 0) is 6.42 Å². The van der Waals surface area contributed by atoms with Gasteiger partial charge in [-0.15, -0.1) is 0 Å². The molecule has 8 heteroatoms. The molecule has 0 radical (unpaired) electrons. The first-order valence-corrected chi connectivity index (χ1v) is 7.08. The lowest BCUT2D eigenvalue weighted by molar-refractivity contribution is -0.167. The predicted octanol–water partition coefficient (Wildman–Crippen LogP) is -0.403. The zero-order chi connectivity index (χ0) is 11.2. The van der Waals surface area contributed by atoms with Crippen LogP contribution in [-0.2, 0) is 9.09 Å². The first-order valence-electron chi connectivity index (χ1n) is 4.04. The van der Waals surface area contributed by atoms with E-state index in [2.05, 4.69) is 4.52 Å². The Morgan fingerprint density at radius 2 is 2.36 bits per heavy atom. The van der Waals surface area contributed by atoms with Crippen molar-refractivity contribution in [2.75, 3.05) is 12.9 Å². The number of rotatable bonds is 6. The van der Waals surface area contributed by atoms with Gasteiger partial charge in [0.1, 0.15) is 12.5 Å². The van der Waals surface area contributed by atoms with E-state index in [0.29, 0.717) is 6.42 Å². The SMILES string of the molecule is CC(C=[P+]([O-])O)CCP(=O)(O)OCN. The fourth-order valence-electron chi connectivity index (χ4n) is 0.840. The summed E-state index contributed by atoms with van der Waals surface area (Å²) in [5, 5.41) is 0. The largest absolute Gasteiger partial charge is 0.603 e. The third-order valence-corrected chi connectivity index (χ3v) is 3.67. The first kappa shape index (κ1) is 14.2. The quantitative estimate of drug-likeness (QED) is 0.431. The summed E-state index contributed by atoms with van der Waals surface area (Å²) in [5.74, 6) is 1.02. The van der Waals surface area contributed by atoms with Gasteiger partial charge in [0.05, 0.1) is 6.16 Å². The molecule has 0 aliphatic rings. The lowest BCUT2D eigenvalue weighted by atomic mass is 10.2. The van der Waals surface area contributed by atoms with E-state index in [9.17, 15) is 9.46 Å². The first-order chi connectivity index (χ1) is 6.37. The van der Waals surface area contributed by atoms with Crippen LogP contribution in [0.3, 0.4) is 0 Å². The average molecular weight is 243 g/mol. The number of hydrogen-bond donors (Lipinski definition) is 3. The molecular formula is C6H15NO5P2. The maximum Gasteiger partial charge on any atom is 0.329 e. The van der Waals surface area contributed by atoms with Crippen LogP contribution in [-0.4, -0.2) is 28.5 Å². The van der Waals surface area contributed by atoms with Crippen molar-refractivity contribution >= 4 is 21.4 Å². The second-order valence-corrected chi connectivity index (χ2v) is 5.76. The van der Waals surface area contributed by atoms with Crippen molar-refractivity contribution in [2.45, 2.75) is 13.3 Å². The van der Waals surface area contributed by atoms with Gasteiger partial charge in [-0.3, -0.25) is 9.09 Å². The minimum Gasteiger partial charge on any atom is -0.603 e. The van der Waals surface area contributed by atoms with Gasteiger partial charge in [-0.2, -0.15) is 4.89 Å². The minimum absolute atomic E-state index is 0.0644. The molecule has 0 spiro atoms. The summed E-state index contributed by atoms with van der Waals surface area (Å²) in [4.78, 5) is 28.0. The van der Waals surface area contributed by atoms with Gasteiger partial charge in [-0.25, -0.2) is 0 Å². The van der Waals surface area contributed by atoms with E-state index in [4.69, 9.17) is 15.5 Å². The van der Waals surface area contributed by atoms with Crippen LogP contribution in [0.15, 0.2) is 0 Å². The van der Waals surface area contributed by atoms with E-state index in [0.717, 1.165) is 0 Å². The molecule has 0 aromatic heterocycles. The Kier molecular flexibility index (Phi) is 6.74. The highest BCUT2D eigenvalue weighted by Crippen LogP contribution is 2.42. The van der Waals surface area contributed by atoms with E-state index < -0.39 is 15.6 Å². The molecular weight excluding hydrogens is 228 g/mol. The molecule has 6 nitrogen and oxygen atoms in total. The molecule has 3 atom stereocenters. The Bertz CT molecular complexity index is 240. The van der Waals surface area contributed by atoms with Crippen molar-refractivity contribution in [1.82, 2.24) is 0 Å². The van der Waals surface area contributed by atoms with Gasteiger partial charge >= 0.3 is 7.60 Å². The zero-order valence-corrected chi connectivity index (χ0v) is 9.66. The maximum absolute atomic E-state index is 11.1. The van der Waals surface area contributed by atoms with Crippen LogP contribution in [0.2, 0.25) is 0 Å². The van der Waals surface area contributed by atoms with Gasteiger partial charge in [0.2, 0.25) is 8.00 Å². The molecule has 0 fully saturated rings. The summed E-state index contributed by atoms with van der Waals surface area (Å²) < 4.78 is 15.5. The van der Waals surface area contributed by atoms with Gasteiger partial charge in [0, 0.05) is 5.92 Å². The summed E-state index contributed by atoms with van der Waals surface area (Å²) in [5.41, 5.74) is 4.95. The highest BCUT2D eigenvalue weighted by Gasteiger charge is 2.19. The minimum atomic E-state index is -3.61. The molecule has 0 aliphatic heterocycles. The van der Waals surface area contributed by atoms with Crippen LogP contribution in [0.1, 0.15) is 13.3 Å². The van der Waals surface area contributed by atoms with E-state index in [1.54, 1.807) is 6.92 Å². The predicted molar refractivity (Wildman–Crippen MR) is 53.8 cm³/mol. The van der Waals surface area contributed by atoms with Crippen molar-refractivity contribution in [2.24, 2.45) is 11.7 Å². The topological polar surface area (TPSA) is 116 Å². The molecule has 0 aliphatic carbocycles. The fourth-order valence-corrected chi connectivity index (χ4v) is 2.52. The third-order valence-electron chi connectivity index (χ3n) is 1.53. The van der Waals surface area contributed by atoms with Crippen LogP contribution in [0.5, 0.6) is 0 Å². The summed E-state index contributed by atoms with van der Waals surface area (Å²) in [7, 11) is -5.92. The lowest BCUT2D eigenvalue weighted by Gasteiger charge is -2.11. The monoisotopic (exact) mass is 243 g/mol. The third kappa shape index (κ3) is 7.59. The van der Waals surface area contributed by atoms with E-state index in [-0.39, 0.29) is 18.8 Å². The maximum atomic E-state index is 11.1. The molecule has 84 valence electrons. The Morgan fingerprint density at radius 1 is 1.79 bits per heavy atom. The van der Waals surface area contributed by atoms with Crippen LogP contribution < -0.4 is 10.6 Å². The Morgan fingerprint density at radius 3 is 2.79 bits per heavy atom. The molecule has 4 N–H and O–H groups in total. The molecule has 0 saturated carbocycles. The van der Waals surface area contributed by atoms with Crippen molar-refractivity contribution < 1.29 is 23.8 Å². The van der Waals surface area contributed by atoms with Crippen molar-refractivity contribution in [3.05, 3.63) is 0 Å². The van der Waals surface area contributed by atoms with Crippen molar-refractivity contribution in [1.29, 1.82) is 0 Å². The Hall–Kier alpha value is 0.200.